The van der Waals surface area contributed by atoms with Crippen molar-refractivity contribution in [3.8, 4) is 0 Å². The minimum absolute atomic E-state index is 0.146. The first-order valence-electron chi connectivity index (χ1n) is 19.5. The number of esters is 2. The summed E-state index contributed by atoms with van der Waals surface area (Å²) in [6.45, 7) is 2.96. The van der Waals surface area contributed by atoms with Gasteiger partial charge in [-0.3, -0.25) is 4.79 Å². The van der Waals surface area contributed by atoms with Crippen LogP contribution in [0, 0.1) is 0 Å². The molecule has 6 atom stereocenters. The van der Waals surface area contributed by atoms with Gasteiger partial charge in [0.05, 0.1) is 13.2 Å². The van der Waals surface area contributed by atoms with E-state index in [0.29, 0.717) is 12.8 Å². The summed E-state index contributed by atoms with van der Waals surface area (Å²) < 4.78 is 21.8. The average molecular weight is 755 g/mol. The van der Waals surface area contributed by atoms with Gasteiger partial charge in [-0.25, -0.2) is 4.79 Å². The lowest BCUT2D eigenvalue weighted by molar-refractivity contribution is -0.305. The highest BCUT2D eigenvalue weighted by atomic mass is 16.7. The summed E-state index contributed by atoms with van der Waals surface area (Å²) in [6.07, 6.45) is 38.7. The van der Waals surface area contributed by atoms with Gasteiger partial charge < -0.3 is 39.4 Å². The van der Waals surface area contributed by atoms with Crippen molar-refractivity contribution in [1.82, 2.24) is 0 Å². The molecule has 0 aliphatic carbocycles. The molecule has 1 aliphatic heterocycles. The number of ether oxygens (including phenoxy) is 4. The van der Waals surface area contributed by atoms with E-state index in [-0.39, 0.29) is 19.6 Å². The van der Waals surface area contributed by atoms with E-state index in [1.54, 1.807) is 6.08 Å². The minimum Gasteiger partial charge on any atom is -0.458 e. The molecular weight excluding hydrogens is 688 g/mol. The summed E-state index contributed by atoms with van der Waals surface area (Å²) in [4.78, 5) is 25.1. The molecule has 0 bridgehead atoms. The first-order valence-corrected chi connectivity index (χ1v) is 19.5. The van der Waals surface area contributed by atoms with Gasteiger partial charge in [0.2, 0.25) is 0 Å². The lowest BCUT2D eigenvalue weighted by atomic mass is 9.99. The first kappa shape index (κ1) is 48.4. The molecule has 54 heavy (non-hydrogen) atoms. The van der Waals surface area contributed by atoms with Crippen molar-refractivity contribution in [3.63, 3.8) is 0 Å². The van der Waals surface area contributed by atoms with Crippen LogP contribution in [-0.4, -0.2) is 89.0 Å². The van der Waals surface area contributed by atoms with Gasteiger partial charge in [0.25, 0.3) is 0 Å². The van der Waals surface area contributed by atoms with Crippen molar-refractivity contribution in [2.24, 2.45) is 0 Å². The Morgan fingerprint density at radius 3 is 1.59 bits per heavy atom. The number of rotatable bonds is 29. The van der Waals surface area contributed by atoms with E-state index in [9.17, 15) is 30.0 Å². The zero-order valence-electron chi connectivity index (χ0n) is 32.4. The van der Waals surface area contributed by atoms with E-state index in [2.05, 4.69) is 98.9 Å². The fourth-order valence-corrected chi connectivity index (χ4v) is 4.94. The Balaban J connectivity index is 2.52. The highest BCUT2D eigenvalue weighted by Gasteiger charge is 2.44. The summed E-state index contributed by atoms with van der Waals surface area (Å²) in [5.74, 6) is -1.14. The van der Waals surface area contributed by atoms with Crippen molar-refractivity contribution >= 4 is 11.9 Å². The van der Waals surface area contributed by atoms with E-state index >= 15 is 0 Å². The van der Waals surface area contributed by atoms with Crippen LogP contribution in [0.3, 0.4) is 0 Å². The molecule has 1 aliphatic rings. The summed E-state index contributed by atoms with van der Waals surface area (Å²) >= 11 is 0. The monoisotopic (exact) mass is 754 g/mol. The zero-order valence-corrected chi connectivity index (χ0v) is 32.4. The SMILES string of the molecule is CC/C=C\C/C=C\C/C=C\C/C=C\C/C=C\C(=O)OCC(CO[C@@H]1O[C@H](CO)[C@H](O)[C@H](O)[C@H]1O)OC(=O)CCCC/C=C\C/C=C\C/C=C\C/C=C\CC. The molecule has 0 radical (unpaired) electrons. The second-order valence-electron chi connectivity index (χ2n) is 12.7. The minimum atomic E-state index is -1.62. The molecule has 10 nitrogen and oxygen atoms in total. The molecule has 302 valence electrons. The van der Waals surface area contributed by atoms with Gasteiger partial charge in [0.1, 0.15) is 31.0 Å². The summed E-state index contributed by atoms with van der Waals surface area (Å²) in [5, 5.41) is 39.9. The predicted octanol–water partition coefficient (Wildman–Crippen LogP) is 7.37. The third-order valence-electron chi connectivity index (χ3n) is 7.97. The van der Waals surface area contributed by atoms with Gasteiger partial charge in [-0.15, -0.1) is 0 Å². The lowest BCUT2D eigenvalue weighted by Gasteiger charge is -2.39. The van der Waals surface area contributed by atoms with Crippen molar-refractivity contribution in [2.75, 3.05) is 19.8 Å². The third kappa shape index (κ3) is 25.4. The number of allylic oxidation sites excluding steroid dienone is 17. The van der Waals surface area contributed by atoms with Crippen LogP contribution in [0.15, 0.2) is 109 Å². The topological polar surface area (TPSA) is 152 Å². The van der Waals surface area contributed by atoms with Crippen LogP contribution in [0.25, 0.3) is 0 Å². The Bertz CT molecular complexity index is 1240. The van der Waals surface area contributed by atoms with Crippen LogP contribution < -0.4 is 0 Å². The van der Waals surface area contributed by atoms with Gasteiger partial charge in [-0.2, -0.15) is 0 Å². The van der Waals surface area contributed by atoms with Crippen LogP contribution >= 0.6 is 0 Å². The Labute approximate surface area is 323 Å². The standard InChI is InChI=1S/C44H66O10/c1-3-5-7-9-11-13-15-17-19-21-23-25-27-29-31-33-40(47)53-37(36-52-44-43(50)42(49)41(48)38(34-45)54-44)35-51-39(46)32-30-28-26-24-22-20-18-16-14-12-10-8-6-4-2/h5-8,11-14,17-20,23-26,30,32,37-38,41-45,48-50H,3-4,9-10,15-16,21-22,27-29,31,33-36H2,1-2H3/b7-5-,8-6-,13-11-,14-12-,19-17-,20-18-,25-23-,26-24-,32-30-/t37?,38-,41+,42+,43-,44-/m1/s1. The molecule has 1 saturated heterocycles. The van der Waals surface area contributed by atoms with Crippen LogP contribution in [0.4, 0.5) is 0 Å². The fraction of sp³-hybridized carbons (Fsp3) is 0.545. The van der Waals surface area contributed by atoms with Gasteiger partial charge >= 0.3 is 11.9 Å². The summed E-state index contributed by atoms with van der Waals surface area (Å²) in [6, 6.07) is 0. The second-order valence-corrected chi connectivity index (χ2v) is 12.7. The fourth-order valence-electron chi connectivity index (χ4n) is 4.94. The molecule has 10 heteroatoms. The number of hydrogen-bond acceptors (Lipinski definition) is 10. The molecule has 0 aromatic rings. The smallest absolute Gasteiger partial charge is 0.330 e. The maximum atomic E-state index is 12.7. The number of unbranched alkanes of at least 4 members (excludes halogenated alkanes) is 2. The molecule has 0 saturated carbocycles. The molecule has 4 N–H and O–H groups in total. The Morgan fingerprint density at radius 2 is 1.09 bits per heavy atom. The molecular formula is C44H66O10. The number of carbonyl (C=O) groups excluding carboxylic acids is 2. The lowest BCUT2D eigenvalue weighted by Crippen LogP contribution is -2.59. The first-order chi connectivity index (χ1) is 26.3. The van der Waals surface area contributed by atoms with Gasteiger partial charge in [0, 0.05) is 12.5 Å². The number of aliphatic hydroxyl groups excluding tert-OH is 4. The summed E-state index contributed by atoms with van der Waals surface area (Å²) in [7, 11) is 0. The van der Waals surface area contributed by atoms with Crippen LogP contribution in [0.2, 0.25) is 0 Å². The van der Waals surface area contributed by atoms with E-state index in [1.807, 2.05) is 12.2 Å². The molecule has 1 heterocycles. The average Bonchev–Trinajstić information content (AvgIpc) is 3.17. The van der Waals surface area contributed by atoms with E-state index in [0.717, 1.165) is 64.2 Å². The quantitative estimate of drug-likeness (QED) is 0.0264. The normalized spacial score (nSPS) is 21.9. The van der Waals surface area contributed by atoms with E-state index < -0.39 is 55.4 Å². The van der Waals surface area contributed by atoms with Crippen molar-refractivity contribution in [1.29, 1.82) is 0 Å². The highest BCUT2D eigenvalue weighted by molar-refractivity contribution is 5.81. The molecule has 0 aromatic carbocycles. The largest absolute Gasteiger partial charge is 0.458 e. The van der Waals surface area contributed by atoms with E-state index in [1.165, 1.54) is 6.08 Å². The second kappa shape index (κ2) is 33.9. The predicted molar refractivity (Wildman–Crippen MR) is 214 cm³/mol. The highest BCUT2D eigenvalue weighted by Crippen LogP contribution is 2.22. The molecule has 0 amide bonds. The number of hydrogen-bond donors (Lipinski definition) is 4. The van der Waals surface area contributed by atoms with Gasteiger partial charge in [0.15, 0.2) is 12.4 Å². The maximum Gasteiger partial charge on any atom is 0.330 e. The maximum absolute atomic E-state index is 12.7. The van der Waals surface area contributed by atoms with Gasteiger partial charge in [-0.1, -0.05) is 117 Å². The molecule has 1 rings (SSSR count). The number of carbonyl (C=O) groups is 2. The van der Waals surface area contributed by atoms with Crippen LogP contribution in [0.1, 0.15) is 97.3 Å². The Morgan fingerprint density at radius 1 is 0.611 bits per heavy atom. The third-order valence-corrected chi connectivity index (χ3v) is 7.97. The van der Waals surface area contributed by atoms with Crippen molar-refractivity contribution in [3.05, 3.63) is 109 Å². The van der Waals surface area contributed by atoms with Gasteiger partial charge in [-0.05, 0) is 77.0 Å². The van der Waals surface area contributed by atoms with Crippen molar-refractivity contribution < 1.29 is 49.0 Å². The molecule has 1 fully saturated rings. The van der Waals surface area contributed by atoms with Crippen molar-refractivity contribution in [2.45, 2.75) is 134 Å². The zero-order chi connectivity index (χ0) is 39.5. The van der Waals surface area contributed by atoms with Crippen LogP contribution in [-0.2, 0) is 28.5 Å². The summed E-state index contributed by atoms with van der Waals surface area (Å²) in [5.41, 5.74) is 0. The molecule has 0 spiro atoms. The molecule has 0 aromatic heterocycles. The Kier molecular flexibility index (Phi) is 30.4. The molecule has 1 unspecified atom stereocenters. The Hall–Kier alpha value is -3.64. The number of aliphatic hydroxyl groups is 4. The van der Waals surface area contributed by atoms with Crippen LogP contribution in [0.5, 0.6) is 0 Å². The van der Waals surface area contributed by atoms with E-state index in [4.69, 9.17) is 18.9 Å².